The lowest BCUT2D eigenvalue weighted by atomic mass is 10.1. The molecule has 0 rings (SSSR count). The van der Waals surface area contributed by atoms with E-state index in [0.29, 0.717) is 13.0 Å². The second-order valence-electron chi connectivity index (χ2n) is 4.54. The second-order valence-corrected chi connectivity index (χ2v) is 4.54. The molecule has 4 nitrogen and oxygen atoms in total. The van der Waals surface area contributed by atoms with Crippen molar-refractivity contribution in [3.63, 3.8) is 0 Å². The van der Waals surface area contributed by atoms with Crippen molar-refractivity contribution in [1.82, 2.24) is 10.2 Å². The van der Waals surface area contributed by atoms with E-state index in [0.717, 1.165) is 6.54 Å². The van der Waals surface area contributed by atoms with Gasteiger partial charge in [-0.1, -0.05) is 6.92 Å². The number of hydrogen-bond acceptors (Lipinski definition) is 3. The van der Waals surface area contributed by atoms with Crippen LogP contribution >= 0.6 is 0 Å². The normalized spacial score (nSPS) is 12.9. The van der Waals surface area contributed by atoms with Crippen LogP contribution in [-0.4, -0.2) is 41.8 Å². The molecular formula is C12H24N2O2. The summed E-state index contributed by atoms with van der Waals surface area (Å²) < 4.78 is 0. The molecule has 0 bridgehead atoms. The Morgan fingerprint density at radius 2 is 1.81 bits per heavy atom. The smallest absolute Gasteiger partial charge is 0.234 e. The van der Waals surface area contributed by atoms with Gasteiger partial charge in [0.1, 0.15) is 5.78 Å². The maximum absolute atomic E-state index is 11.6. The molecule has 0 radical (unpaired) electrons. The van der Waals surface area contributed by atoms with E-state index in [4.69, 9.17) is 0 Å². The van der Waals surface area contributed by atoms with Gasteiger partial charge in [0.15, 0.2) is 0 Å². The first kappa shape index (κ1) is 15.1. The van der Waals surface area contributed by atoms with Gasteiger partial charge in [-0.3, -0.25) is 14.5 Å². The Kier molecular flexibility index (Phi) is 6.97. The maximum Gasteiger partial charge on any atom is 0.234 e. The summed E-state index contributed by atoms with van der Waals surface area (Å²) in [4.78, 5) is 24.6. The molecule has 0 aromatic heterocycles. The summed E-state index contributed by atoms with van der Waals surface area (Å²) in [7, 11) is 0. The fourth-order valence-corrected chi connectivity index (χ4v) is 1.68. The van der Waals surface area contributed by atoms with Gasteiger partial charge in [0.05, 0.1) is 6.54 Å². The third kappa shape index (κ3) is 6.56. The predicted octanol–water partition coefficient (Wildman–Crippen LogP) is 1.20. The van der Waals surface area contributed by atoms with Crippen LogP contribution in [0.2, 0.25) is 0 Å². The van der Waals surface area contributed by atoms with Gasteiger partial charge in [-0.15, -0.1) is 0 Å². The fourth-order valence-electron chi connectivity index (χ4n) is 1.68. The lowest BCUT2D eigenvalue weighted by Crippen LogP contribution is -2.44. The molecule has 1 atom stereocenters. The average molecular weight is 228 g/mol. The van der Waals surface area contributed by atoms with Crippen molar-refractivity contribution >= 4 is 11.7 Å². The number of ketones is 1. The Morgan fingerprint density at radius 1 is 1.25 bits per heavy atom. The minimum atomic E-state index is 0.0206. The van der Waals surface area contributed by atoms with Crippen LogP contribution in [0.25, 0.3) is 0 Å². The molecule has 1 unspecified atom stereocenters. The first-order chi connectivity index (χ1) is 7.36. The third-order valence-electron chi connectivity index (χ3n) is 2.41. The van der Waals surface area contributed by atoms with Crippen molar-refractivity contribution in [3.05, 3.63) is 0 Å². The highest BCUT2D eigenvalue weighted by Crippen LogP contribution is 2.03. The predicted molar refractivity (Wildman–Crippen MR) is 65.3 cm³/mol. The Bertz CT molecular complexity index is 239. The molecule has 16 heavy (non-hydrogen) atoms. The van der Waals surface area contributed by atoms with Gasteiger partial charge in [0.25, 0.3) is 0 Å². The Morgan fingerprint density at radius 3 is 2.19 bits per heavy atom. The number of nitrogens with one attached hydrogen (secondary N) is 1. The average Bonchev–Trinajstić information content (AvgIpc) is 2.11. The van der Waals surface area contributed by atoms with Crippen LogP contribution in [0.4, 0.5) is 0 Å². The topological polar surface area (TPSA) is 49.4 Å². The zero-order valence-electron chi connectivity index (χ0n) is 11.0. The van der Waals surface area contributed by atoms with Crippen molar-refractivity contribution < 1.29 is 9.59 Å². The zero-order valence-corrected chi connectivity index (χ0v) is 11.0. The van der Waals surface area contributed by atoms with Gasteiger partial charge in [-0.05, 0) is 34.2 Å². The van der Waals surface area contributed by atoms with Crippen molar-refractivity contribution in [2.75, 3.05) is 13.1 Å². The summed E-state index contributed by atoms with van der Waals surface area (Å²) in [5.41, 5.74) is 0. The van der Waals surface area contributed by atoms with Crippen LogP contribution in [0.3, 0.4) is 0 Å². The Hall–Kier alpha value is -0.900. The van der Waals surface area contributed by atoms with Crippen LogP contribution in [0, 0.1) is 0 Å². The number of hydrogen-bond donors (Lipinski definition) is 1. The van der Waals surface area contributed by atoms with Gasteiger partial charge in [-0.2, -0.15) is 0 Å². The van der Waals surface area contributed by atoms with E-state index in [9.17, 15) is 9.59 Å². The molecule has 0 saturated carbocycles. The highest BCUT2D eigenvalue weighted by Gasteiger charge is 2.17. The van der Waals surface area contributed by atoms with Crippen LogP contribution in [-0.2, 0) is 9.59 Å². The maximum atomic E-state index is 11.6. The molecule has 0 saturated heterocycles. The Balaban J connectivity index is 4.18. The quantitative estimate of drug-likeness (QED) is 0.712. The summed E-state index contributed by atoms with van der Waals surface area (Å²) in [5.74, 6) is 0.183. The molecule has 0 aromatic rings. The summed E-state index contributed by atoms with van der Waals surface area (Å²) >= 11 is 0. The van der Waals surface area contributed by atoms with Gasteiger partial charge in [0.2, 0.25) is 5.91 Å². The number of carbonyl (C=O) groups excluding carboxylic acids is 2. The van der Waals surface area contributed by atoms with Crippen molar-refractivity contribution in [1.29, 1.82) is 0 Å². The molecule has 0 aliphatic rings. The van der Waals surface area contributed by atoms with E-state index in [1.165, 1.54) is 0 Å². The number of likely N-dealkylation sites (N-methyl/N-ethyl adjacent to an activating group) is 1. The fraction of sp³-hybridized carbons (Fsp3) is 0.833. The minimum absolute atomic E-state index is 0.0206. The SMILES string of the molecule is CCN(CC(=O)NC(C)C)C(C)CC(C)=O. The molecule has 0 spiro atoms. The standard InChI is InChI=1S/C12H24N2O2/c1-6-14(10(4)7-11(5)15)8-12(16)13-9(2)3/h9-10H,6-8H2,1-5H3,(H,13,16). The van der Waals surface area contributed by atoms with E-state index in [1.54, 1.807) is 6.92 Å². The number of Topliss-reactive ketones (excluding diaryl/α,β-unsaturated/α-hetero) is 1. The third-order valence-corrected chi connectivity index (χ3v) is 2.41. The summed E-state index contributed by atoms with van der Waals surface area (Å²) in [6, 6.07) is 0.287. The van der Waals surface area contributed by atoms with Crippen molar-refractivity contribution in [2.45, 2.75) is 53.1 Å². The zero-order chi connectivity index (χ0) is 12.7. The van der Waals surface area contributed by atoms with Crippen LogP contribution in [0.5, 0.6) is 0 Å². The molecule has 0 heterocycles. The van der Waals surface area contributed by atoms with E-state index in [-0.39, 0.29) is 23.8 Å². The lowest BCUT2D eigenvalue weighted by molar-refractivity contribution is -0.124. The van der Waals surface area contributed by atoms with E-state index in [1.807, 2.05) is 32.6 Å². The summed E-state index contributed by atoms with van der Waals surface area (Å²) in [6.07, 6.45) is 0.503. The van der Waals surface area contributed by atoms with Crippen molar-refractivity contribution in [3.8, 4) is 0 Å². The van der Waals surface area contributed by atoms with E-state index in [2.05, 4.69) is 5.32 Å². The molecular weight excluding hydrogens is 204 g/mol. The highest BCUT2D eigenvalue weighted by atomic mass is 16.2. The lowest BCUT2D eigenvalue weighted by Gasteiger charge is -2.26. The van der Waals surface area contributed by atoms with Gasteiger partial charge in [0, 0.05) is 18.5 Å². The minimum Gasteiger partial charge on any atom is -0.353 e. The monoisotopic (exact) mass is 228 g/mol. The van der Waals surface area contributed by atoms with Crippen LogP contribution in [0.15, 0.2) is 0 Å². The molecule has 0 aliphatic heterocycles. The van der Waals surface area contributed by atoms with Gasteiger partial charge in [-0.25, -0.2) is 0 Å². The first-order valence-electron chi connectivity index (χ1n) is 5.89. The molecule has 4 heteroatoms. The van der Waals surface area contributed by atoms with Crippen LogP contribution < -0.4 is 5.32 Å². The number of nitrogens with zero attached hydrogens (tertiary/aromatic N) is 1. The molecule has 94 valence electrons. The number of carbonyl (C=O) groups is 2. The number of rotatable bonds is 7. The molecule has 0 aliphatic carbocycles. The van der Waals surface area contributed by atoms with E-state index >= 15 is 0 Å². The van der Waals surface area contributed by atoms with Gasteiger partial charge >= 0.3 is 0 Å². The molecule has 1 N–H and O–H groups in total. The summed E-state index contributed by atoms with van der Waals surface area (Å²) in [6.45, 7) is 10.6. The van der Waals surface area contributed by atoms with E-state index < -0.39 is 0 Å². The van der Waals surface area contributed by atoms with Gasteiger partial charge < -0.3 is 5.32 Å². The summed E-state index contributed by atoms with van der Waals surface area (Å²) in [5, 5.41) is 2.85. The molecule has 0 aromatic carbocycles. The van der Waals surface area contributed by atoms with Crippen molar-refractivity contribution in [2.24, 2.45) is 0 Å². The number of amides is 1. The highest BCUT2D eigenvalue weighted by molar-refractivity contribution is 5.79. The molecule has 1 amide bonds. The Labute approximate surface area is 98.4 Å². The molecule has 0 fully saturated rings. The largest absolute Gasteiger partial charge is 0.353 e. The first-order valence-corrected chi connectivity index (χ1v) is 5.89. The second kappa shape index (κ2) is 7.39. The van der Waals surface area contributed by atoms with Crippen LogP contribution in [0.1, 0.15) is 41.0 Å².